The first kappa shape index (κ1) is 20.8. The normalized spacial score (nSPS) is 11.5. The van der Waals surface area contributed by atoms with Gasteiger partial charge in [0.05, 0.1) is 0 Å². The second-order valence-corrected chi connectivity index (χ2v) is 7.23. The van der Waals surface area contributed by atoms with Gasteiger partial charge in [0.2, 0.25) is 0 Å². The summed E-state index contributed by atoms with van der Waals surface area (Å²) < 4.78 is 47.0. The number of hydrogen-bond donors (Lipinski definition) is 1. The number of aromatic nitrogens is 1. The molecular formula is C23H15ClF3NO3. The lowest BCUT2D eigenvalue weighted by Gasteiger charge is -2.12. The molecule has 0 spiro atoms. The van der Waals surface area contributed by atoms with Crippen molar-refractivity contribution >= 4 is 22.5 Å². The van der Waals surface area contributed by atoms with Gasteiger partial charge in [-0.3, -0.25) is 4.79 Å². The molecule has 1 aromatic heterocycles. The van der Waals surface area contributed by atoms with Gasteiger partial charge < -0.3 is 14.5 Å². The first-order valence-corrected chi connectivity index (χ1v) is 9.54. The average Bonchev–Trinajstić information content (AvgIpc) is 2.68. The van der Waals surface area contributed by atoms with Crippen molar-refractivity contribution in [3.05, 3.63) is 87.7 Å². The summed E-state index contributed by atoms with van der Waals surface area (Å²) >= 11 is 6.04. The summed E-state index contributed by atoms with van der Waals surface area (Å²) in [6, 6.07) is 17.0. The number of aromatic amines is 1. The van der Waals surface area contributed by atoms with Crippen LogP contribution in [0.15, 0.2) is 71.5 Å². The van der Waals surface area contributed by atoms with Crippen LogP contribution >= 0.6 is 11.6 Å². The number of alkyl halides is 3. The molecule has 0 aliphatic rings. The minimum atomic E-state index is -4.80. The van der Waals surface area contributed by atoms with Crippen molar-refractivity contribution in [1.29, 1.82) is 0 Å². The Hall–Kier alpha value is -3.45. The number of halogens is 4. The molecule has 158 valence electrons. The van der Waals surface area contributed by atoms with Crippen LogP contribution in [0, 0.1) is 6.92 Å². The molecule has 0 saturated heterocycles. The van der Waals surface area contributed by atoms with Gasteiger partial charge >= 0.3 is 6.36 Å². The number of benzene rings is 3. The van der Waals surface area contributed by atoms with Crippen LogP contribution < -0.4 is 14.9 Å². The maximum Gasteiger partial charge on any atom is 0.573 e. The predicted molar refractivity (Wildman–Crippen MR) is 113 cm³/mol. The topological polar surface area (TPSA) is 51.3 Å². The van der Waals surface area contributed by atoms with E-state index in [1.54, 1.807) is 49.4 Å². The van der Waals surface area contributed by atoms with Crippen molar-refractivity contribution in [2.24, 2.45) is 0 Å². The van der Waals surface area contributed by atoms with E-state index in [9.17, 15) is 18.0 Å². The van der Waals surface area contributed by atoms with Crippen LogP contribution in [0.4, 0.5) is 13.2 Å². The summed E-state index contributed by atoms with van der Waals surface area (Å²) in [5, 5.41) is 0.905. The smallest absolute Gasteiger partial charge is 0.457 e. The van der Waals surface area contributed by atoms with Crippen molar-refractivity contribution in [2.75, 3.05) is 0 Å². The molecule has 0 aliphatic heterocycles. The van der Waals surface area contributed by atoms with Crippen molar-refractivity contribution in [2.45, 2.75) is 13.3 Å². The highest BCUT2D eigenvalue weighted by Crippen LogP contribution is 2.31. The van der Waals surface area contributed by atoms with E-state index in [1.807, 2.05) is 0 Å². The largest absolute Gasteiger partial charge is 0.573 e. The molecule has 0 bridgehead atoms. The number of H-pyrrole nitrogens is 1. The van der Waals surface area contributed by atoms with Gasteiger partial charge in [-0.15, -0.1) is 13.2 Å². The van der Waals surface area contributed by atoms with E-state index in [1.165, 1.54) is 18.2 Å². The summed E-state index contributed by atoms with van der Waals surface area (Å²) in [7, 11) is 0. The van der Waals surface area contributed by atoms with E-state index in [2.05, 4.69) is 9.72 Å². The summed E-state index contributed by atoms with van der Waals surface area (Å²) in [5.41, 5.74) is 2.20. The van der Waals surface area contributed by atoms with Gasteiger partial charge in [0.1, 0.15) is 17.2 Å². The minimum Gasteiger partial charge on any atom is -0.457 e. The number of ether oxygens (including phenoxy) is 2. The Morgan fingerprint density at radius 2 is 1.58 bits per heavy atom. The molecule has 1 heterocycles. The van der Waals surface area contributed by atoms with Gasteiger partial charge in [0.25, 0.3) is 0 Å². The van der Waals surface area contributed by atoms with Crippen LogP contribution in [0.25, 0.3) is 22.0 Å². The SMILES string of the molecule is Cc1[nH]c2ccc(Cl)cc2c(=O)c1-c1cccc(Oc2cccc(OC(F)(F)F)c2)c1. The Bertz CT molecular complexity index is 1330. The van der Waals surface area contributed by atoms with E-state index >= 15 is 0 Å². The van der Waals surface area contributed by atoms with E-state index in [4.69, 9.17) is 16.3 Å². The van der Waals surface area contributed by atoms with Gasteiger partial charge in [-0.1, -0.05) is 29.8 Å². The monoisotopic (exact) mass is 445 g/mol. The van der Waals surface area contributed by atoms with Crippen LogP contribution in [0.2, 0.25) is 5.02 Å². The van der Waals surface area contributed by atoms with E-state index < -0.39 is 6.36 Å². The van der Waals surface area contributed by atoms with Crippen molar-refractivity contribution in [3.63, 3.8) is 0 Å². The zero-order valence-electron chi connectivity index (χ0n) is 16.1. The number of nitrogens with one attached hydrogen (secondary N) is 1. The molecule has 4 nitrogen and oxygen atoms in total. The molecule has 0 amide bonds. The number of fused-ring (bicyclic) bond motifs is 1. The third-order valence-corrected chi connectivity index (χ3v) is 4.78. The first-order valence-electron chi connectivity index (χ1n) is 9.16. The quantitative estimate of drug-likeness (QED) is 0.374. The highest BCUT2D eigenvalue weighted by molar-refractivity contribution is 6.31. The fraction of sp³-hybridized carbons (Fsp3) is 0.0870. The van der Waals surface area contributed by atoms with Gasteiger partial charge in [-0.05, 0) is 55.0 Å². The number of rotatable bonds is 4. The molecule has 8 heteroatoms. The summed E-state index contributed by atoms with van der Waals surface area (Å²) in [6.07, 6.45) is -4.80. The molecule has 0 saturated carbocycles. The lowest BCUT2D eigenvalue weighted by Crippen LogP contribution is -2.17. The Balaban J connectivity index is 1.70. The molecule has 31 heavy (non-hydrogen) atoms. The fourth-order valence-electron chi connectivity index (χ4n) is 3.32. The second kappa shape index (κ2) is 8.00. The van der Waals surface area contributed by atoms with Gasteiger partial charge in [-0.25, -0.2) is 0 Å². The summed E-state index contributed by atoms with van der Waals surface area (Å²) in [6.45, 7) is 1.79. The molecule has 1 N–H and O–H groups in total. The highest BCUT2D eigenvalue weighted by atomic mass is 35.5. The van der Waals surface area contributed by atoms with Crippen LogP contribution in [-0.4, -0.2) is 11.3 Å². The minimum absolute atomic E-state index is 0.162. The third-order valence-electron chi connectivity index (χ3n) is 4.55. The molecule has 0 fully saturated rings. The Morgan fingerprint density at radius 3 is 2.32 bits per heavy atom. The molecule has 3 aromatic carbocycles. The Labute approximate surface area is 179 Å². The molecule has 4 rings (SSSR count). The standard InChI is InChI=1S/C23H15ClF3NO3/c1-13-21(22(29)19-11-15(24)8-9-20(19)28-13)14-4-2-5-16(10-14)30-17-6-3-7-18(12-17)31-23(25,26)27/h2-12H,1H3,(H,28,29). The summed E-state index contributed by atoms with van der Waals surface area (Å²) in [5.74, 6) is 0.126. The number of aryl methyl sites for hydroxylation is 1. The van der Waals surface area contributed by atoms with Crippen LogP contribution in [0.3, 0.4) is 0 Å². The predicted octanol–water partition coefficient (Wildman–Crippen LogP) is 6.85. The molecular weight excluding hydrogens is 431 g/mol. The first-order chi connectivity index (χ1) is 14.7. The van der Waals surface area contributed by atoms with Gasteiger partial charge in [-0.2, -0.15) is 0 Å². The molecule has 0 aliphatic carbocycles. The van der Waals surface area contributed by atoms with Crippen LogP contribution in [-0.2, 0) is 0 Å². The Morgan fingerprint density at radius 1 is 0.903 bits per heavy atom. The van der Waals surface area contributed by atoms with E-state index in [0.717, 1.165) is 6.07 Å². The fourth-order valence-corrected chi connectivity index (χ4v) is 3.49. The van der Waals surface area contributed by atoms with Crippen LogP contribution in [0.1, 0.15) is 5.69 Å². The Kier molecular flexibility index (Phi) is 5.37. The lowest BCUT2D eigenvalue weighted by atomic mass is 10.0. The average molecular weight is 446 g/mol. The lowest BCUT2D eigenvalue weighted by molar-refractivity contribution is -0.274. The number of hydrogen-bond acceptors (Lipinski definition) is 3. The maximum absolute atomic E-state index is 13.1. The zero-order valence-corrected chi connectivity index (χ0v) is 16.8. The number of pyridine rings is 1. The summed E-state index contributed by atoms with van der Waals surface area (Å²) in [4.78, 5) is 16.3. The highest BCUT2D eigenvalue weighted by Gasteiger charge is 2.31. The van der Waals surface area contributed by atoms with E-state index in [0.29, 0.717) is 38.5 Å². The molecule has 0 unspecified atom stereocenters. The van der Waals surface area contributed by atoms with Gasteiger partial charge in [0.15, 0.2) is 5.43 Å². The maximum atomic E-state index is 13.1. The van der Waals surface area contributed by atoms with Crippen LogP contribution in [0.5, 0.6) is 17.2 Å². The second-order valence-electron chi connectivity index (χ2n) is 6.80. The molecule has 0 atom stereocenters. The van der Waals surface area contributed by atoms with Crippen molar-refractivity contribution in [1.82, 2.24) is 4.98 Å². The molecule has 0 radical (unpaired) electrons. The van der Waals surface area contributed by atoms with Crippen molar-refractivity contribution < 1.29 is 22.6 Å². The zero-order chi connectivity index (χ0) is 22.2. The van der Waals surface area contributed by atoms with E-state index in [-0.39, 0.29) is 16.9 Å². The van der Waals surface area contributed by atoms with Gasteiger partial charge in [0, 0.05) is 33.2 Å². The molecule has 4 aromatic rings. The van der Waals surface area contributed by atoms with Crippen molar-refractivity contribution in [3.8, 4) is 28.4 Å². The third kappa shape index (κ3) is 4.67.